The third-order valence-corrected chi connectivity index (χ3v) is 9.05. The molecule has 0 radical (unpaired) electrons. The maximum atomic E-state index is 13.1. The minimum Gasteiger partial charge on any atom is -0.468 e. The van der Waals surface area contributed by atoms with Gasteiger partial charge in [0.05, 0.1) is 28.8 Å². The second-order valence-corrected chi connectivity index (χ2v) is 11.6. The number of carbonyl (C=O) groups is 3. The van der Waals surface area contributed by atoms with Crippen LogP contribution >= 0.6 is 22.9 Å². The van der Waals surface area contributed by atoms with Gasteiger partial charge in [-0.3, -0.25) is 9.59 Å². The van der Waals surface area contributed by atoms with E-state index in [2.05, 4.69) is 4.99 Å². The highest BCUT2D eigenvalue weighted by Gasteiger charge is 2.30. The molecule has 0 spiro atoms. The van der Waals surface area contributed by atoms with Crippen LogP contribution in [0.1, 0.15) is 17.3 Å². The van der Waals surface area contributed by atoms with Crippen molar-refractivity contribution >= 4 is 61.1 Å². The lowest BCUT2D eigenvalue weighted by atomic mass is 10.2. The first-order chi connectivity index (χ1) is 18.1. The molecule has 0 unspecified atom stereocenters. The van der Waals surface area contributed by atoms with Gasteiger partial charge in [-0.1, -0.05) is 22.9 Å². The number of ether oxygens (including phenoxy) is 2. The van der Waals surface area contributed by atoms with Crippen LogP contribution in [0.4, 0.5) is 4.79 Å². The molecule has 0 saturated carbocycles. The Bertz CT molecular complexity index is 1540. The van der Waals surface area contributed by atoms with Gasteiger partial charge in [-0.15, -0.1) is 0 Å². The molecule has 1 aliphatic heterocycles. The highest BCUT2D eigenvalue weighted by Crippen LogP contribution is 2.23. The van der Waals surface area contributed by atoms with Gasteiger partial charge < -0.3 is 18.9 Å². The number of halogens is 1. The fourth-order valence-corrected chi connectivity index (χ4v) is 6.60. The van der Waals surface area contributed by atoms with E-state index in [1.807, 2.05) is 0 Å². The molecule has 38 heavy (non-hydrogen) atoms. The van der Waals surface area contributed by atoms with E-state index in [1.165, 1.54) is 51.9 Å². The largest absolute Gasteiger partial charge is 0.468 e. The molecule has 0 atom stereocenters. The number of rotatable bonds is 6. The molecule has 2 heterocycles. The molecule has 11 nitrogen and oxygen atoms in total. The van der Waals surface area contributed by atoms with Crippen LogP contribution in [0.2, 0.25) is 5.02 Å². The summed E-state index contributed by atoms with van der Waals surface area (Å²) in [5.41, 5.74) is 0.844. The Morgan fingerprint density at radius 3 is 2.37 bits per heavy atom. The number of nitrogens with zero attached hydrogens (tertiary/aromatic N) is 4. The number of hydrogen-bond acceptors (Lipinski definition) is 8. The normalized spacial score (nSPS) is 15.0. The first-order valence-electron chi connectivity index (χ1n) is 11.6. The van der Waals surface area contributed by atoms with E-state index in [1.54, 1.807) is 29.7 Å². The topological polar surface area (TPSA) is 128 Å². The summed E-state index contributed by atoms with van der Waals surface area (Å²) >= 11 is 7.28. The second kappa shape index (κ2) is 11.6. The molecule has 4 rings (SSSR count). The van der Waals surface area contributed by atoms with Crippen molar-refractivity contribution in [3.63, 3.8) is 0 Å². The van der Waals surface area contributed by atoms with E-state index in [4.69, 9.17) is 21.1 Å². The minimum absolute atomic E-state index is 0.0240. The lowest BCUT2D eigenvalue weighted by molar-refractivity contribution is -0.141. The van der Waals surface area contributed by atoms with Crippen LogP contribution in [0, 0.1) is 0 Å². The predicted molar refractivity (Wildman–Crippen MR) is 141 cm³/mol. The number of piperazine rings is 1. The van der Waals surface area contributed by atoms with E-state index in [9.17, 15) is 22.8 Å². The molecule has 0 aliphatic carbocycles. The number of sulfonamides is 1. The van der Waals surface area contributed by atoms with Crippen LogP contribution in [-0.4, -0.2) is 80.1 Å². The molecular formula is C24H25ClN4O7S2. The second-order valence-electron chi connectivity index (χ2n) is 8.19. The van der Waals surface area contributed by atoms with Crippen molar-refractivity contribution in [2.45, 2.75) is 18.4 Å². The summed E-state index contributed by atoms with van der Waals surface area (Å²) in [5, 5.41) is 0.501. The molecule has 1 fully saturated rings. The monoisotopic (exact) mass is 580 g/mol. The van der Waals surface area contributed by atoms with Crippen molar-refractivity contribution in [3.05, 3.63) is 57.9 Å². The van der Waals surface area contributed by atoms with Gasteiger partial charge in [0.2, 0.25) is 10.0 Å². The molecule has 0 bridgehead atoms. The number of thiazole rings is 1. The Labute approximate surface area is 227 Å². The van der Waals surface area contributed by atoms with Crippen LogP contribution in [-0.2, 0) is 30.8 Å². The third kappa shape index (κ3) is 5.90. The molecule has 0 N–H and O–H groups in total. The van der Waals surface area contributed by atoms with Gasteiger partial charge in [-0.25, -0.2) is 13.2 Å². The summed E-state index contributed by atoms with van der Waals surface area (Å²) in [4.78, 5) is 42.7. The first kappa shape index (κ1) is 27.8. The average Bonchev–Trinajstić information content (AvgIpc) is 3.24. The van der Waals surface area contributed by atoms with Gasteiger partial charge in [0, 0.05) is 36.8 Å². The van der Waals surface area contributed by atoms with E-state index in [0.717, 1.165) is 4.70 Å². The fourth-order valence-electron chi connectivity index (χ4n) is 3.87. The summed E-state index contributed by atoms with van der Waals surface area (Å²) in [6, 6.07) is 10.6. The van der Waals surface area contributed by atoms with Crippen molar-refractivity contribution < 1.29 is 32.3 Å². The zero-order valence-electron chi connectivity index (χ0n) is 20.6. The standard InChI is InChI=1S/C24H25ClN4O7S2/c1-3-36-24(32)27-10-12-28(13-11-27)38(33,34)18-7-4-16(5-8-18)22(31)26-23-29(15-21(30)35-2)19-9-6-17(25)14-20(19)37-23/h4-9,14H,3,10-13,15H2,1-2H3. The number of aromatic nitrogens is 1. The molecule has 1 aromatic heterocycles. The zero-order chi connectivity index (χ0) is 27.4. The van der Waals surface area contributed by atoms with Crippen molar-refractivity contribution in [2.24, 2.45) is 4.99 Å². The molecule has 2 aromatic carbocycles. The Morgan fingerprint density at radius 1 is 1.05 bits per heavy atom. The number of esters is 1. The van der Waals surface area contributed by atoms with Crippen molar-refractivity contribution in [1.82, 2.24) is 13.8 Å². The SMILES string of the molecule is CCOC(=O)N1CCN(S(=O)(=O)c2ccc(C(=O)N=c3sc4cc(Cl)ccc4n3CC(=O)OC)cc2)CC1. The minimum atomic E-state index is -3.82. The Morgan fingerprint density at radius 2 is 1.74 bits per heavy atom. The van der Waals surface area contributed by atoms with Crippen molar-refractivity contribution in [2.75, 3.05) is 39.9 Å². The molecule has 14 heteroatoms. The van der Waals surface area contributed by atoms with Crippen LogP contribution in [0.5, 0.6) is 0 Å². The number of hydrogen-bond donors (Lipinski definition) is 0. The zero-order valence-corrected chi connectivity index (χ0v) is 23.0. The smallest absolute Gasteiger partial charge is 0.409 e. The third-order valence-electron chi connectivity index (χ3n) is 5.86. The highest BCUT2D eigenvalue weighted by atomic mass is 35.5. The average molecular weight is 581 g/mol. The molecule has 202 valence electrons. The number of amides is 2. The van der Waals surface area contributed by atoms with E-state index in [-0.39, 0.29) is 54.6 Å². The summed E-state index contributed by atoms with van der Waals surface area (Å²) in [5.74, 6) is -1.11. The number of benzene rings is 2. The van der Waals surface area contributed by atoms with Crippen LogP contribution in [0.15, 0.2) is 52.4 Å². The fraction of sp³-hybridized carbons (Fsp3) is 0.333. The van der Waals surface area contributed by atoms with E-state index >= 15 is 0 Å². The van der Waals surface area contributed by atoms with Crippen LogP contribution in [0.25, 0.3) is 10.2 Å². The van der Waals surface area contributed by atoms with Gasteiger partial charge in [0.15, 0.2) is 4.80 Å². The molecule has 2 amide bonds. The van der Waals surface area contributed by atoms with Crippen LogP contribution in [0.3, 0.4) is 0 Å². The number of fused-ring (bicyclic) bond motifs is 1. The Balaban J connectivity index is 1.55. The predicted octanol–water partition coefficient (Wildman–Crippen LogP) is 2.73. The Hall–Kier alpha value is -3.26. The maximum Gasteiger partial charge on any atom is 0.409 e. The van der Waals surface area contributed by atoms with Crippen molar-refractivity contribution in [1.29, 1.82) is 0 Å². The quantitative estimate of drug-likeness (QED) is 0.410. The number of carbonyl (C=O) groups excluding carboxylic acids is 3. The lowest BCUT2D eigenvalue weighted by Gasteiger charge is -2.33. The van der Waals surface area contributed by atoms with Crippen molar-refractivity contribution in [3.8, 4) is 0 Å². The summed E-state index contributed by atoms with van der Waals surface area (Å²) in [6.07, 6.45) is -0.467. The highest BCUT2D eigenvalue weighted by molar-refractivity contribution is 7.89. The summed E-state index contributed by atoms with van der Waals surface area (Å²) in [7, 11) is -2.55. The van der Waals surface area contributed by atoms with Gasteiger partial charge in [0.1, 0.15) is 6.54 Å². The summed E-state index contributed by atoms with van der Waals surface area (Å²) in [6.45, 7) is 2.51. The first-order valence-corrected chi connectivity index (χ1v) is 14.2. The Kier molecular flexibility index (Phi) is 8.51. The van der Waals surface area contributed by atoms with Gasteiger partial charge in [-0.05, 0) is 49.4 Å². The lowest BCUT2D eigenvalue weighted by Crippen LogP contribution is -2.50. The molecule has 3 aromatic rings. The summed E-state index contributed by atoms with van der Waals surface area (Å²) < 4.78 is 39.5. The van der Waals surface area contributed by atoms with Crippen LogP contribution < -0.4 is 4.80 Å². The molecule has 1 aliphatic rings. The van der Waals surface area contributed by atoms with Gasteiger partial charge in [0.25, 0.3) is 5.91 Å². The number of methoxy groups -OCH3 is 1. The van der Waals surface area contributed by atoms with Gasteiger partial charge in [-0.2, -0.15) is 9.30 Å². The van der Waals surface area contributed by atoms with E-state index in [0.29, 0.717) is 10.5 Å². The van der Waals surface area contributed by atoms with Gasteiger partial charge >= 0.3 is 12.1 Å². The molecular weight excluding hydrogens is 556 g/mol. The molecule has 1 saturated heterocycles. The van der Waals surface area contributed by atoms with E-state index < -0.39 is 28.0 Å². The maximum absolute atomic E-state index is 13.1.